The van der Waals surface area contributed by atoms with Crippen LogP contribution in [0.2, 0.25) is 0 Å². The Kier molecular flexibility index (Phi) is 3.17. The molecule has 5 rings (SSSR count). The van der Waals surface area contributed by atoms with E-state index in [9.17, 15) is 0 Å². The molecule has 0 aliphatic heterocycles. The largest absolute Gasteiger partial charge is 0.381 e. The number of hydrogen-bond donors (Lipinski definition) is 1. The highest BCUT2D eigenvalue weighted by molar-refractivity contribution is 5.79. The molecule has 0 atom stereocenters. The Morgan fingerprint density at radius 2 is 2.08 bits per heavy atom. The molecule has 0 spiro atoms. The van der Waals surface area contributed by atoms with Crippen LogP contribution in [0.25, 0.3) is 22.4 Å². The fraction of sp³-hybridized carbons (Fsp3) is 0.294. The van der Waals surface area contributed by atoms with Crippen LogP contribution in [0.1, 0.15) is 12.8 Å². The van der Waals surface area contributed by atoms with Crippen LogP contribution in [0.3, 0.4) is 0 Å². The normalized spacial score (nSPS) is 20.0. The minimum absolute atomic E-state index is 0.352. The van der Waals surface area contributed by atoms with Gasteiger partial charge in [-0.2, -0.15) is 0 Å². The first-order valence-corrected chi connectivity index (χ1v) is 8.23. The molecule has 4 aromatic rings. The first-order valence-electron chi connectivity index (χ1n) is 8.23. The van der Waals surface area contributed by atoms with Crippen molar-refractivity contribution < 1.29 is 4.74 Å². The molecule has 0 amide bonds. The van der Waals surface area contributed by atoms with Gasteiger partial charge in [-0.25, -0.2) is 19.5 Å². The summed E-state index contributed by atoms with van der Waals surface area (Å²) in [4.78, 5) is 13.0. The maximum atomic E-state index is 5.30. The average Bonchev–Trinajstić information content (AvgIpc) is 3.23. The number of methoxy groups -OCH3 is 1. The fourth-order valence-electron chi connectivity index (χ4n) is 3.22. The molecule has 126 valence electrons. The van der Waals surface area contributed by atoms with Gasteiger partial charge in [-0.1, -0.05) is 0 Å². The van der Waals surface area contributed by atoms with Crippen molar-refractivity contribution in [2.24, 2.45) is 0 Å². The zero-order valence-corrected chi connectivity index (χ0v) is 13.7. The van der Waals surface area contributed by atoms with Crippen LogP contribution >= 0.6 is 0 Å². The lowest BCUT2D eigenvalue weighted by atomic mass is 9.89. The van der Waals surface area contributed by atoms with Crippen molar-refractivity contribution in [2.75, 3.05) is 12.4 Å². The van der Waals surface area contributed by atoms with E-state index in [1.165, 1.54) is 0 Å². The van der Waals surface area contributed by atoms with Crippen LogP contribution < -0.4 is 5.32 Å². The molecule has 0 radical (unpaired) electrons. The van der Waals surface area contributed by atoms with Gasteiger partial charge >= 0.3 is 0 Å². The highest BCUT2D eigenvalue weighted by Crippen LogP contribution is 2.27. The highest BCUT2D eigenvalue weighted by Gasteiger charge is 2.29. The second-order valence-electron chi connectivity index (χ2n) is 6.29. The van der Waals surface area contributed by atoms with Gasteiger partial charge in [0.2, 0.25) is 11.7 Å². The minimum Gasteiger partial charge on any atom is -0.381 e. The molecular weight excluding hydrogens is 318 g/mol. The second-order valence-corrected chi connectivity index (χ2v) is 6.29. The summed E-state index contributed by atoms with van der Waals surface area (Å²) >= 11 is 0. The third-order valence-electron chi connectivity index (χ3n) is 4.73. The highest BCUT2D eigenvalue weighted by atomic mass is 16.5. The van der Waals surface area contributed by atoms with E-state index in [-0.39, 0.29) is 0 Å². The van der Waals surface area contributed by atoms with Gasteiger partial charge in [0.15, 0.2) is 0 Å². The molecule has 0 bridgehead atoms. The summed E-state index contributed by atoms with van der Waals surface area (Å²) in [6, 6.07) is 2.41. The lowest BCUT2D eigenvalue weighted by molar-refractivity contribution is 0.0326. The van der Waals surface area contributed by atoms with Crippen LogP contribution in [-0.4, -0.2) is 48.2 Å². The van der Waals surface area contributed by atoms with Crippen molar-refractivity contribution in [3.63, 3.8) is 0 Å². The van der Waals surface area contributed by atoms with E-state index < -0.39 is 0 Å². The zero-order chi connectivity index (χ0) is 16.8. The van der Waals surface area contributed by atoms with E-state index in [1.807, 2.05) is 46.0 Å². The van der Waals surface area contributed by atoms with Crippen molar-refractivity contribution in [1.82, 2.24) is 29.0 Å². The molecule has 1 aliphatic rings. The number of nitrogens with zero attached hydrogens (tertiary/aromatic N) is 6. The van der Waals surface area contributed by atoms with Gasteiger partial charge in [0.1, 0.15) is 0 Å². The minimum atomic E-state index is 0.352. The second kappa shape index (κ2) is 5.52. The van der Waals surface area contributed by atoms with E-state index in [2.05, 4.69) is 25.4 Å². The molecule has 1 N–H and O–H groups in total. The van der Waals surface area contributed by atoms with Crippen molar-refractivity contribution >= 4 is 17.2 Å². The van der Waals surface area contributed by atoms with Gasteiger partial charge in [0.25, 0.3) is 0 Å². The molecule has 0 unspecified atom stereocenters. The van der Waals surface area contributed by atoms with Crippen LogP contribution in [0.15, 0.2) is 43.2 Å². The summed E-state index contributed by atoms with van der Waals surface area (Å²) in [5.74, 6) is 1.32. The summed E-state index contributed by atoms with van der Waals surface area (Å²) in [6.07, 6.45) is 13.6. The van der Waals surface area contributed by atoms with Gasteiger partial charge in [0, 0.05) is 55.3 Å². The number of hydrogen-bond acceptors (Lipinski definition) is 6. The molecule has 1 saturated carbocycles. The molecule has 4 aromatic heterocycles. The Labute approximate surface area is 143 Å². The number of ether oxygens (including phenoxy) is 1. The number of fused-ring (bicyclic) bond motifs is 2. The molecule has 0 saturated heterocycles. The molecule has 1 fully saturated rings. The Morgan fingerprint density at radius 1 is 1.16 bits per heavy atom. The SMILES string of the molecule is CO[C@H]1C[C@H](Nc2ncc3c(-c4cnc5nccn5c4)ccn3n2)C1. The molecule has 25 heavy (non-hydrogen) atoms. The van der Waals surface area contributed by atoms with Crippen molar-refractivity contribution in [3.05, 3.63) is 43.2 Å². The molecular formula is C17H17N7O. The first-order chi connectivity index (χ1) is 12.3. The number of anilines is 1. The van der Waals surface area contributed by atoms with E-state index >= 15 is 0 Å². The third-order valence-corrected chi connectivity index (χ3v) is 4.73. The van der Waals surface area contributed by atoms with Crippen LogP contribution in [0.4, 0.5) is 5.95 Å². The quantitative estimate of drug-likeness (QED) is 0.614. The number of nitrogens with one attached hydrogen (secondary N) is 1. The summed E-state index contributed by atoms with van der Waals surface area (Å²) in [6.45, 7) is 0. The van der Waals surface area contributed by atoms with Crippen molar-refractivity contribution in [3.8, 4) is 11.1 Å². The first kappa shape index (κ1) is 14.4. The average molecular weight is 335 g/mol. The predicted octanol–water partition coefficient (Wildman–Crippen LogP) is 2.03. The monoisotopic (exact) mass is 335 g/mol. The lowest BCUT2D eigenvalue weighted by Gasteiger charge is -2.34. The lowest BCUT2D eigenvalue weighted by Crippen LogP contribution is -2.40. The van der Waals surface area contributed by atoms with E-state index in [0.717, 1.165) is 29.5 Å². The maximum absolute atomic E-state index is 5.30. The predicted molar refractivity (Wildman–Crippen MR) is 92.4 cm³/mol. The summed E-state index contributed by atoms with van der Waals surface area (Å²) in [5.41, 5.74) is 2.98. The summed E-state index contributed by atoms with van der Waals surface area (Å²) in [5, 5.41) is 7.92. The van der Waals surface area contributed by atoms with Gasteiger partial charge in [-0.05, 0) is 18.9 Å². The van der Waals surface area contributed by atoms with Gasteiger partial charge in [-0.15, -0.1) is 5.10 Å². The van der Waals surface area contributed by atoms with E-state index in [4.69, 9.17) is 4.74 Å². The number of imidazole rings is 1. The van der Waals surface area contributed by atoms with E-state index in [1.54, 1.807) is 13.3 Å². The topological polar surface area (TPSA) is 81.6 Å². The number of rotatable bonds is 4. The molecule has 4 heterocycles. The molecule has 0 aromatic carbocycles. The molecule has 8 nitrogen and oxygen atoms in total. The van der Waals surface area contributed by atoms with E-state index in [0.29, 0.717) is 23.9 Å². The van der Waals surface area contributed by atoms with Crippen LogP contribution in [-0.2, 0) is 4.74 Å². The third kappa shape index (κ3) is 2.42. The smallest absolute Gasteiger partial charge is 0.241 e. The molecule has 1 aliphatic carbocycles. The Balaban J connectivity index is 1.45. The Hall–Kier alpha value is -3.00. The Morgan fingerprint density at radius 3 is 2.96 bits per heavy atom. The van der Waals surface area contributed by atoms with Gasteiger partial charge in [0.05, 0.1) is 17.8 Å². The Bertz CT molecular complexity index is 1050. The van der Waals surface area contributed by atoms with Crippen molar-refractivity contribution in [2.45, 2.75) is 25.0 Å². The fourth-order valence-corrected chi connectivity index (χ4v) is 3.22. The van der Waals surface area contributed by atoms with Crippen LogP contribution in [0, 0.1) is 0 Å². The maximum Gasteiger partial charge on any atom is 0.241 e. The standard InChI is InChI=1S/C17H17N7O/c1-25-13-6-12(7-13)21-16-19-9-15-14(2-4-24(15)22-16)11-8-20-17-18-3-5-23(17)10-11/h2-5,8-10,12-13H,6-7H2,1H3,(H,21,22)/t12-,13-. The van der Waals surface area contributed by atoms with Gasteiger partial charge < -0.3 is 10.1 Å². The van der Waals surface area contributed by atoms with Crippen LogP contribution in [0.5, 0.6) is 0 Å². The number of aromatic nitrogens is 6. The van der Waals surface area contributed by atoms with Crippen molar-refractivity contribution in [1.29, 1.82) is 0 Å². The zero-order valence-electron chi connectivity index (χ0n) is 13.7. The summed E-state index contributed by atoms with van der Waals surface area (Å²) < 4.78 is 9.05. The van der Waals surface area contributed by atoms with Gasteiger partial charge in [-0.3, -0.25) is 4.40 Å². The summed E-state index contributed by atoms with van der Waals surface area (Å²) in [7, 11) is 1.75. The molecule has 8 heteroatoms.